The zero-order valence-corrected chi connectivity index (χ0v) is 13.2. The van der Waals surface area contributed by atoms with Gasteiger partial charge in [0.1, 0.15) is 10.6 Å². The average molecular weight is 321 g/mol. The Morgan fingerprint density at radius 3 is 2.77 bits per heavy atom. The number of nitrogens with two attached hydrogens (primary N) is 2. The van der Waals surface area contributed by atoms with Crippen LogP contribution in [0.25, 0.3) is 10.1 Å². The van der Waals surface area contributed by atoms with E-state index in [0.29, 0.717) is 36.1 Å². The Bertz CT molecular complexity index is 708. The predicted octanol–water partition coefficient (Wildman–Crippen LogP) is 1.82. The van der Waals surface area contributed by atoms with Crippen molar-refractivity contribution in [2.45, 2.75) is 6.92 Å². The number of nitrogen functional groups attached to an aromatic ring is 1. The first-order valence-electron chi connectivity index (χ1n) is 7.23. The number of fused-ring (bicyclic) bond motifs is 1. The molecular formula is C15H19N3O3S. The molecule has 3 rings (SSSR count). The molecular weight excluding hydrogens is 302 g/mol. The minimum Gasteiger partial charge on any atom is -0.493 e. The second-order valence-corrected chi connectivity index (χ2v) is 6.11. The van der Waals surface area contributed by atoms with Gasteiger partial charge in [-0.3, -0.25) is 4.79 Å². The van der Waals surface area contributed by atoms with Crippen LogP contribution in [-0.2, 0) is 4.74 Å². The second kappa shape index (κ2) is 6.02. The van der Waals surface area contributed by atoms with Crippen LogP contribution in [-0.4, -0.2) is 38.8 Å². The van der Waals surface area contributed by atoms with E-state index in [9.17, 15) is 4.79 Å². The van der Waals surface area contributed by atoms with Crippen LogP contribution in [0.15, 0.2) is 12.1 Å². The third-order valence-electron chi connectivity index (χ3n) is 3.68. The summed E-state index contributed by atoms with van der Waals surface area (Å²) in [6.07, 6.45) is 0. The molecule has 4 N–H and O–H groups in total. The van der Waals surface area contributed by atoms with Crippen molar-refractivity contribution in [1.82, 2.24) is 0 Å². The Kier molecular flexibility index (Phi) is 4.08. The highest BCUT2D eigenvalue weighted by molar-refractivity contribution is 7.21. The van der Waals surface area contributed by atoms with Gasteiger partial charge in [0.15, 0.2) is 0 Å². The summed E-state index contributed by atoms with van der Waals surface area (Å²) in [5, 5.41) is 0.776. The van der Waals surface area contributed by atoms with Gasteiger partial charge in [-0.05, 0) is 13.0 Å². The molecule has 0 aliphatic carbocycles. The lowest BCUT2D eigenvalue weighted by molar-refractivity contribution is 0.100. The second-order valence-electron chi connectivity index (χ2n) is 5.06. The van der Waals surface area contributed by atoms with E-state index in [1.807, 2.05) is 19.1 Å². The molecule has 1 amide bonds. The zero-order valence-electron chi connectivity index (χ0n) is 12.4. The summed E-state index contributed by atoms with van der Waals surface area (Å²) >= 11 is 1.31. The van der Waals surface area contributed by atoms with Crippen molar-refractivity contribution in [2.75, 3.05) is 43.5 Å². The number of primary amides is 1. The number of carbonyl (C=O) groups excluding carboxylic acids is 1. The summed E-state index contributed by atoms with van der Waals surface area (Å²) in [7, 11) is 0. The van der Waals surface area contributed by atoms with Crippen molar-refractivity contribution >= 4 is 38.7 Å². The van der Waals surface area contributed by atoms with Gasteiger partial charge in [-0.15, -0.1) is 11.3 Å². The van der Waals surface area contributed by atoms with E-state index in [1.165, 1.54) is 11.3 Å². The Labute approximate surface area is 132 Å². The monoisotopic (exact) mass is 321 g/mol. The molecule has 0 spiro atoms. The quantitative estimate of drug-likeness (QED) is 0.896. The van der Waals surface area contributed by atoms with E-state index in [2.05, 4.69) is 4.90 Å². The van der Waals surface area contributed by atoms with Crippen LogP contribution in [0.2, 0.25) is 0 Å². The van der Waals surface area contributed by atoms with Gasteiger partial charge in [-0.25, -0.2) is 0 Å². The smallest absolute Gasteiger partial charge is 0.260 e. The average Bonchev–Trinajstić information content (AvgIpc) is 2.86. The topological polar surface area (TPSA) is 90.8 Å². The van der Waals surface area contributed by atoms with E-state index in [4.69, 9.17) is 20.9 Å². The van der Waals surface area contributed by atoms with Crippen molar-refractivity contribution < 1.29 is 14.3 Å². The summed E-state index contributed by atoms with van der Waals surface area (Å²) in [6, 6.07) is 4.02. The van der Waals surface area contributed by atoms with Crippen LogP contribution in [0, 0.1) is 0 Å². The van der Waals surface area contributed by atoms with Gasteiger partial charge >= 0.3 is 0 Å². The molecule has 0 bridgehead atoms. The van der Waals surface area contributed by atoms with Gasteiger partial charge in [0.05, 0.1) is 30.9 Å². The van der Waals surface area contributed by atoms with E-state index >= 15 is 0 Å². The van der Waals surface area contributed by atoms with Crippen LogP contribution < -0.4 is 21.1 Å². The number of nitrogens with zero attached hydrogens (tertiary/aromatic N) is 1. The maximum atomic E-state index is 11.5. The Hall–Kier alpha value is -1.99. The maximum Gasteiger partial charge on any atom is 0.260 e. The fourth-order valence-corrected chi connectivity index (χ4v) is 3.68. The fraction of sp³-hybridized carbons (Fsp3) is 0.400. The Morgan fingerprint density at radius 2 is 2.14 bits per heavy atom. The minimum atomic E-state index is -0.505. The first kappa shape index (κ1) is 14.9. The molecule has 1 aliphatic rings. The highest BCUT2D eigenvalue weighted by atomic mass is 32.1. The summed E-state index contributed by atoms with van der Waals surface area (Å²) in [5.41, 5.74) is 13.0. The number of hydrogen-bond acceptors (Lipinski definition) is 6. The highest BCUT2D eigenvalue weighted by Crippen LogP contribution is 2.42. The van der Waals surface area contributed by atoms with Gasteiger partial charge in [0.2, 0.25) is 0 Å². The maximum absolute atomic E-state index is 11.5. The zero-order chi connectivity index (χ0) is 15.7. The van der Waals surface area contributed by atoms with E-state index in [1.54, 1.807) is 0 Å². The van der Waals surface area contributed by atoms with Gasteiger partial charge in [-0.2, -0.15) is 0 Å². The van der Waals surface area contributed by atoms with Crippen LogP contribution in [0.5, 0.6) is 5.75 Å². The van der Waals surface area contributed by atoms with Gasteiger partial charge in [0.25, 0.3) is 5.91 Å². The molecule has 0 saturated carbocycles. The number of morpholine rings is 1. The van der Waals surface area contributed by atoms with Crippen LogP contribution in [0.3, 0.4) is 0 Å². The highest BCUT2D eigenvalue weighted by Gasteiger charge is 2.20. The Balaban J connectivity index is 2.14. The lowest BCUT2D eigenvalue weighted by atomic mass is 10.1. The van der Waals surface area contributed by atoms with Gasteiger partial charge < -0.3 is 25.8 Å². The standard InChI is InChI=1S/C15H19N3O3S/c1-2-21-10-7-9(18-3-5-20-6-4-18)8-11-12(10)13(16)14(22-11)15(17)19/h7-8H,2-6,16H2,1H3,(H2,17,19). The molecule has 6 nitrogen and oxygen atoms in total. The van der Waals surface area contributed by atoms with Crippen LogP contribution in [0.4, 0.5) is 11.4 Å². The number of ether oxygens (including phenoxy) is 2. The van der Waals surface area contributed by atoms with Crippen molar-refractivity contribution in [3.05, 3.63) is 17.0 Å². The van der Waals surface area contributed by atoms with Gasteiger partial charge in [0, 0.05) is 29.5 Å². The molecule has 1 saturated heterocycles. The summed E-state index contributed by atoms with van der Waals surface area (Å²) in [5.74, 6) is 0.191. The predicted molar refractivity (Wildman–Crippen MR) is 89.0 cm³/mol. The number of amides is 1. The molecule has 118 valence electrons. The van der Waals surface area contributed by atoms with E-state index in [-0.39, 0.29) is 0 Å². The van der Waals surface area contributed by atoms with Crippen molar-refractivity contribution in [1.29, 1.82) is 0 Å². The number of anilines is 2. The molecule has 1 aliphatic heterocycles. The lowest BCUT2D eigenvalue weighted by Crippen LogP contribution is -2.36. The Morgan fingerprint density at radius 1 is 1.41 bits per heavy atom. The number of benzene rings is 1. The SMILES string of the molecule is CCOc1cc(N2CCOCC2)cc2sc(C(N)=O)c(N)c12. The number of hydrogen-bond donors (Lipinski definition) is 2. The summed E-state index contributed by atoms with van der Waals surface area (Å²) in [6.45, 7) is 5.54. The molecule has 1 aromatic carbocycles. The van der Waals surface area contributed by atoms with Crippen molar-refractivity contribution in [3.8, 4) is 5.75 Å². The van der Waals surface area contributed by atoms with E-state index in [0.717, 1.165) is 28.9 Å². The normalized spacial score (nSPS) is 15.2. The summed E-state index contributed by atoms with van der Waals surface area (Å²) < 4.78 is 12.0. The molecule has 2 aromatic rings. The minimum absolute atomic E-state index is 0.384. The molecule has 1 fully saturated rings. The van der Waals surface area contributed by atoms with Gasteiger partial charge in [-0.1, -0.05) is 0 Å². The van der Waals surface area contributed by atoms with Crippen molar-refractivity contribution in [2.24, 2.45) is 5.73 Å². The molecule has 7 heteroatoms. The number of thiophene rings is 1. The molecule has 0 unspecified atom stereocenters. The molecule has 22 heavy (non-hydrogen) atoms. The van der Waals surface area contributed by atoms with Crippen LogP contribution in [0.1, 0.15) is 16.6 Å². The van der Waals surface area contributed by atoms with E-state index < -0.39 is 5.91 Å². The molecule has 0 atom stereocenters. The fourth-order valence-electron chi connectivity index (χ4n) is 2.66. The number of rotatable bonds is 4. The summed E-state index contributed by atoms with van der Waals surface area (Å²) in [4.78, 5) is 14.2. The molecule has 0 radical (unpaired) electrons. The molecule has 2 heterocycles. The van der Waals surface area contributed by atoms with Crippen molar-refractivity contribution in [3.63, 3.8) is 0 Å². The third-order valence-corrected chi connectivity index (χ3v) is 4.84. The first-order chi connectivity index (χ1) is 10.6. The van der Waals surface area contributed by atoms with Crippen LogP contribution >= 0.6 is 11.3 Å². The molecule has 1 aromatic heterocycles. The number of carbonyl (C=O) groups is 1. The largest absolute Gasteiger partial charge is 0.493 e. The lowest BCUT2D eigenvalue weighted by Gasteiger charge is -2.29. The third kappa shape index (κ3) is 2.57. The first-order valence-corrected chi connectivity index (χ1v) is 8.04.